The molecule has 3 heteroatoms. The predicted octanol–water partition coefficient (Wildman–Crippen LogP) is 3.69. The second kappa shape index (κ2) is 7.23. The Morgan fingerprint density at radius 1 is 0.952 bits per heavy atom. The molecule has 1 saturated heterocycles. The number of likely N-dealkylation sites (tertiary alicyclic amines) is 1. The molecule has 21 heavy (non-hydrogen) atoms. The Balaban J connectivity index is 1.74. The number of hydrogen-bond acceptors (Lipinski definition) is 3. The van der Waals surface area contributed by atoms with Gasteiger partial charge in [0.15, 0.2) is 0 Å². The molecule has 0 bridgehead atoms. The normalized spacial score (nSPS) is 17.3. The Morgan fingerprint density at radius 3 is 2.43 bits per heavy atom. The molecule has 0 aliphatic carbocycles. The second-order valence-electron chi connectivity index (χ2n) is 5.55. The molecular formula is C18H22N2O. The van der Waals surface area contributed by atoms with Gasteiger partial charge in [0.1, 0.15) is 6.10 Å². The smallest absolute Gasteiger partial charge is 0.213 e. The topological polar surface area (TPSA) is 25.4 Å². The average Bonchev–Trinajstić information content (AvgIpc) is 2.57. The summed E-state index contributed by atoms with van der Waals surface area (Å²) in [6.45, 7) is 3.28. The van der Waals surface area contributed by atoms with E-state index < -0.39 is 0 Å². The molecule has 2 aromatic rings. The van der Waals surface area contributed by atoms with Crippen molar-refractivity contribution in [1.29, 1.82) is 0 Å². The van der Waals surface area contributed by atoms with Crippen molar-refractivity contribution in [2.75, 3.05) is 19.6 Å². The SMILES string of the molecule is c1ccc(C(CN2CCCCC2)Oc2ccccn2)cc1. The molecular weight excluding hydrogens is 260 g/mol. The van der Waals surface area contributed by atoms with Crippen molar-refractivity contribution in [2.45, 2.75) is 25.4 Å². The van der Waals surface area contributed by atoms with E-state index in [1.165, 1.54) is 37.9 Å². The van der Waals surface area contributed by atoms with Crippen LogP contribution in [0.2, 0.25) is 0 Å². The van der Waals surface area contributed by atoms with Crippen LogP contribution in [0.25, 0.3) is 0 Å². The highest BCUT2D eigenvalue weighted by molar-refractivity contribution is 5.20. The van der Waals surface area contributed by atoms with Gasteiger partial charge >= 0.3 is 0 Å². The zero-order valence-electron chi connectivity index (χ0n) is 12.3. The Bertz CT molecular complexity index is 523. The van der Waals surface area contributed by atoms with Gasteiger partial charge < -0.3 is 4.74 Å². The molecule has 1 unspecified atom stereocenters. The quantitative estimate of drug-likeness (QED) is 0.836. The summed E-state index contributed by atoms with van der Waals surface area (Å²) < 4.78 is 6.15. The van der Waals surface area contributed by atoms with Crippen molar-refractivity contribution < 1.29 is 4.74 Å². The van der Waals surface area contributed by atoms with Crippen LogP contribution in [0.1, 0.15) is 30.9 Å². The maximum Gasteiger partial charge on any atom is 0.213 e. The molecule has 3 rings (SSSR count). The van der Waals surface area contributed by atoms with Crippen LogP contribution in [0.15, 0.2) is 54.7 Å². The van der Waals surface area contributed by atoms with Gasteiger partial charge in [-0.1, -0.05) is 42.8 Å². The van der Waals surface area contributed by atoms with E-state index in [1.807, 2.05) is 24.3 Å². The molecule has 1 fully saturated rings. The Hall–Kier alpha value is -1.87. The fourth-order valence-corrected chi connectivity index (χ4v) is 2.82. The minimum Gasteiger partial charge on any atom is -0.468 e. The van der Waals surface area contributed by atoms with Crippen molar-refractivity contribution in [3.05, 3.63) is 60.3 Å². The van der Waals surface area contributed by atoms with Gasteiger partial charge in [-0.15, -0.1) is 0 Å². The van der Waals surface area contributed by atoms with E-state index in [0.29, 0.717) is 5.88 Å². The molecule has 0 spiro atoms. The lowest BCUT2D eigenvalue weighted by Crippen LogP contribution is -2.35. The van der Waals surface area contributed by atoms with Crippen LogP contribution >= 0.6 is 0 Å². The lowest BCUT2D eigenvalue weighted by atomic mass is 10.1. The number of piperidine rings is 1. The lowest BCUT2D eigenvalue weighted by molar-refractivity contribution is 0.115. The highest BCUT2D eigenvalue weighted by atomic mass is 16.5. The molecule has 0 N–H and O–H groups in total. The molecule has 2 heterocycles. The van der Waals surface area contributed by atoms with E-state index in [2.05, 4.69) is 34.1 Å². The van der Waals surface area contributed by atoms with Gasteiger partial charge in [0.25, 0.3) is 0 Å². The van der Waals surface area contributed by atoms with Crippen molar-refractivity contribution in [2.24, 2.45) is 0 Å². The van der Waals surface area contributed by atoms with Gasteiger partial charge in [0.2, 0.25) is 5.88 Å². The van der Waals surface area contributed by atoms with Crippen molar-refractivity contribution in [3.8, 4) is 5.88 Å². The molecule has 0 radical (unpaired) electrons. The summed E-state index contributed by atoms with van der Waals surface area (Å²) in [4.78, 5) is 6.80. The van der Waals surface area contributed by atoms with Gasteiger partial charge in [0, 0.05) is 18.8 Å². The maximum absolute atomic E-state index is 6.15. The number of hydrogen-bond donors (Lipinski definition) is 0. The predicted molar refractivity (Wildman–Crippen MR) is 84.3 cm³/mol. The first-order chi connectivity index (χ1) is 10.4. The molecule has 0 amide bonds. The van der Waals surface area contributed by atoms with Crippen LogP contribution < -0.4 is 4.74 Å². The third kappa shape index (κ3) is 4.05. The summed E-state index contributed by atoms with van der Waals surface area (Å²) in [5.41, 5.74) is 1.22. The molecule has 1 aliphatic rings. The number of rotatable bonds is 5. The van der Waals surface area contributed by atoms with Crippen LogP contribution in [0.4, 0.5) is 0 Å². The van der Waals surface area contributed by atoms with Crippen LogP contribution in [0.3, 0.4) is 0 Å². The molecule has 0 saturated carbocycles. The summed E-state index contributed by atoms with van der Waals surface area (Å²) in [6.07, 6.45) is 5.77. The van der Waals surface area contributed by atoms with Crippen LogP contribution in [0, 0.1) is 0 Å². The van der Waals surface area contributed by atoms with Crippen LogP contribution in [0.5, 0.6) is 5.88 Å². The van der Waals surface area contributed by atoms with Crippen molar-refractivity contribution in [1.82, 2.24) is 9.88 Å². The van der Waals surface area contributed by atoms with Gasteiger partial charge in [-0.3, -0.25) is 4.90 Å². The largest absolute Gasteiger partial charge is 0.468 e. The first-order valence-corrected chi connectivity index (χ1v) is 7.77. The Kier molecular flexibility index (Phi) is 4.85. The van der Waals surface area contributed by atoms with Gasteiger partial charge in [0.05, 0.1) is 0 Å². The zero-order chi connectivity index (χ0) is 14.3. The molecule has 1 aliphatic heterocycles. The van der Waals surface area contributed by atoms with Gasteiger partial charge in [-0.2, -0.15) is 0 Å². The first-order valence-electron chi connectivity index (χ1n) is 7.77. The summed E-state index contributed by atoms with van der Waals surface area (Å²) in [5.74, 6) is 0.698. The summed E-state index contributed by atoms with van der Waals surface area (Å²) in [5, 5.41) is 0. The molecule has 3 nitrogen and oxygen atoms in total. The van der Waals surface area contributed by atoms with E-state index in [4.69, 9.17) is 4.74 Å². The standard InChI is InChI=1S/C18H22N2O/c1-3-9-16(10-4-1)17(15-20-13-7-2-8-14-20)21-18-11-5-6-12-19-18/h1,3-6,9-12,17H,2,7-8,13-15H2. The number of pyridine rings is 1. The van der Waals surface area contributed by atoms with Gasteiger partial charge in [-0.05, 0) is 37.6 Å². The van der Waals surface area contributed by atoms with Crippen molar-refractivity contribution in [3.63, 3.8) is 0 Å². The monoisotopic (exact) mass is 282 g/mol. The maximum atomic E-state index is 6.15. The second-order valence-corrected chi connectivity index (χ2v) is 5.55. The van der Waals surface area contributed by atoms with E-state index in [0.717, 1.165) is 6.54 Å². The lowest BCUT2D eigenvalue weighted by Gasteiger charge is -2.30. The minimum atomic E-state index is 0.0409. The third-order valence-corrected chi connectivity index (χ3v) is 3.94. The molecule has 1 aromatic carbocycles. The summed E-state index contributed by atoms with van der Waals surface area (Å²) in [6, 6.07) is 16.3. The molecule has 110 valence electrons. The van der Waals surface area contributed by atoms with E-state index in [9.17, 15) is 0 Å². The Morgan fingerprint density at radius 2 is 1.71 bits per heavy atom. The summed E-state index contributed by atoms with van der Waals surface area (Å²) >= 11 is 0. The molecule has 1 aromatic heterocycles. The third-order valence-electron chi connectivity index (χ3n) is 3.94. The fraction of sp³-hybridized carbons (Fsp3) is 0.389. The van der Waals surface area contributed by atoms with Crippen LogP contribution in [-0.2, 0) is 0 Å². The van der Waals surface area contributed by atoms with E-state index in [-0.39, 0.29) is 6.10 Å². The van der Waals surface area contributed by atoms with E-state index in [1.54, 1.807) is 6.20 Å². The van der Waals surface area contributed by atoms with Crippen LogP contribution in [-0.4, -0.2) is 29.5 Å². The highest BCUT2D eigenvalue weighted by Gasteiger charge is 2.19. The number of aromatic nitrogens is 1. The van der Waals surface area contributed by atoms with Gasteiger partial charge in [-0.25, -0.2) is 4.98 Å². The van der Waals surface area contributed by atoms with Crippen molar-refractivity contribution >= 4 is 0 Å². The number of benzene rings is 1. The zero-order valence-corrected chi connectivity index (χ0v) is 12.3. The number of nitrogens with zero attached hydrogens (tertiary/aromatic N) is 2. The number of ether oxygens (including phenoxy) is 1. The average molecular weight is 282 g/mol. The fourth-order valence-electron chi connectivity index (χ4n) is 2.82. The van der Waals surface area contributed by atoms with E-state index >= 15 is 0 Å². The minimum absolute atomic E-state index is 0.0409. The Labute approximate surface area is 126 Å². The highest BCUT2D eigenvalue weighted by Crippen LogP contribution is 2.22. The first kappa shape index (κ1) is 14.1. The molecule has 1 atom stereocenters. The summed E-state index contributed by atoms with van der Waals surface area (Å²) in [7, 11) is 0.